The Morgan fingerprint density at radius 1 is 1.00 bits per heavy atom. The number of nitrogens with one attached hydrogen (secondary N) is 1. The van der Waals surface area contributed by atoms with Crippen LogP contribution in [-0.2, 0) is 35.2 Å². The number of carbonyl (C=O) groups is 4. The molecule has 1 aliphatic rings. The van der Waals surface area contributed by atoms with Gasteiger partial charge in [-0.1, -0.05) is 63.3 Å². The summed E-state index contributed by atoms with van der Waals surface area (Å²) in [5.74, 6) is -2.94. The van der Waals surface area contributed by atoms with E-state index in [9.17, 15) is 24.3 Å². The van der Waals surface area contributed by atoms with Gasteiger partial charge in [0.05, 0.1) is 30.9 Å². The van der Waals surface area contributed by atoms with Crippen molar-refractivity contribution in [2.45, 2.75) is 85.4 Å². The molecule has 40 heavy (non-hydrogen) atoms. The second kappa shape index (κ2) is 15.0. The number of nitrogens with zero attached hydrogens (tertiary/aromatic N) is 1. The van der Waals surface area contributed by atoms with Crippen molar-refractivity contribution in [3.8, 4) is 0 Å². The van der Waals surface area contributed by atoms with Crippen molar-refractivity contribution >= 4 is 23.8 Å². The average Bonchev–Trinajstić information content (AvgIpc) is 2.85. The minimum Gasteiger partial charge on any atom is -0.463 e. The van der Waals surface area contributed by atoms with Crippen molar-refractivity contribution in [1.29, 1.82) is 0 Å². The second-order valence-electron chi connectivity index (χ2n) is 12.4. The quantitative estimate of drug-likeness (QED) is 0.368. The Morgan fingerprint density at radius 3 is 2.20 bits per heavy atom. The second-order valence-corrected chi connectivity index (χ2v) is 12.4. The molecule has 9 heteroatoms. The molecule has 0 unspecified atom stereocenters. The molecular weight excluding hydrogens is 512 g/mol. The third-order valence-electron chi connectivity index (χ3n) is 6.66. The van der Waals surface area contributed by atoms with E-state index in [1.165, 1.54) is 0 Å². The standard InChI is InChI=1S/C31H46N2O7/c1-30(2,3)25-21-39-29(38)24(19-27(36)40-31(4,5)6)15-11-10-14-23(28(37)32-25)18-26(35)33(16-17-34)20-22-12-8-7-9-13-22/h7-13,23-25,34H,14-21H2,1-6H3,(H,32,37)/b11-10-/t23-,24+,25-/m0/s1. The Labute approximate surface area is 238 Å². The fourth-order valence-electron chi connectivity index (χ4n) is 4.29. The lowest BCUT2D eigenvalue weighted by molar-refractivity contribution is -0.162. The van der Waals surface area contributed by atoms with Crippen LogP contribution in [0.25, 0.3) is 0 Å². The van der Waals surface area contributed by atoms with Gasteiger partial charge in [-0.25, -0.2) is 0 Å². The zero-order valence-corrected chi connectivity index (χ0v) is 24.8. The largest absolute Gasteiger partial charge is 0.463 e. The average molecular weight is 559 g/mol. The van der Waals surface area contributed by atoms with Crippen molar-refractivity contribution in [2.24, 2.45) is 17.3 Å². The fourth-order valence-corrected chi connectivity index (χ4v) is 4.29. The van der Waals surface area contributed by atoms with Crippen molar-refractivity contribution in [2.75, 3.05) is 19.8 Å². The van der Waals surface area contributed by atoms with E-state index in [2.05, 4.69) is 5.32 Å². The Balaban J connectivity index is 2.25. The lowest BCUT2D eigenvalue weighted by Gasteiger charge is -2.33. The summed E-state index contributed by atoms with van der Waals surface area (Å²) in [6, 6.07) is 8.97. The molecule has 1 aromatic carbocycles. The highest BCUT2D eigenvalue weighted by atomic mass is 16.6. The molecule has 1 heterocycles. The van der Waals surface area contributed by atoms with Gasteiger partial charge in [-0.05, 0) is 44.6 Å². The fraction of sp³-hybridized carbons (Fsp3) is 0.613. The zero-order chi connectivity index (χ0) is 29.9. The van der Waals surface area contributed by atoms with Gasteiger partial charge in [-0.2, -0.15) is 0 Å². The molecule has 0 spiro atoms. The van der Waals surface area contributed by atoms with Crippen LogP contribution in [0.4, 0.5) is 0 Å². The van der Waals surface area contributed by atoms with Gasteiger partial charge >= 0.3 is 11.9 Å². The third kappa shape index (κ3) is 11.5. The summed E-state index contributed by atoms with van der Waals surface area (Å²) in [4.78, 5) is 53.7. The molecule has 0 bridgehead atoms. The molecule has 222 valence electrons. The molecule has 0 saturated heterocycles. The molecular formula is C31H46N2O7. The van der Waals surface area contributed by atoms with E-state index < -0.39 is 40.8 Å². The topological polar surface area (TPSA) is 122 Å². The number of allylic oxidation sites excluding steroid dienone is 2. The van der Waals surface area contributed by atoms with Crippen LogP contribution < -0.4 is 5.32 Å². The maximum Gasteiger partial charge on any atom is 0.309 e. The normalized spacial score (nSPS) is 21.7. The predicted molar refractivity (Wildman–Crippen MR) is 152 cm³/mol. The van der Waals surface area contributed by atoms with Crippen LogP contribution in [0, 0.1) is 17.3 Å². The first-order valence-corrected chi connectivity index (χ1v) is 14.0. The van der Waals surface area contributed by atoms with Crippen LogP contribution >= 0.6 is 0 Å². The predicted octanol–water partition coefficient (Wildman–Crippen LogP) is 3.79. The van der Waals surface area contributed by atoms with E-state index >= 15 is 0 Å². The van der Waals surface area contributed by atoms with Crippen molar-refractivity contribution in [3.63, 3.8) is 0 Å². The molecule has 1 aromatic rings. The first-order valence-electron chi connectivity index (χ1n) is 14.0. The van der Waals surface area contributed by atoms with Crippen LogP contribution in [-0.4, -0.2) is 65.2 Å². The van der Waals surface area contributed by atoms with Gasteiger partial charge in [0, 0.05) is 19.5 Å². The number of cyclic esters (lactones) is 1. The summed E-state index contributed by atoms with van der Waals surface area (Å²) in [5.41, 5.74) is -0.187. The maximum atomic E-state index is 13.4. The number of aliphatic hydroxyl groups is 1. The van der Waals surface area contributed by atoms with Crippen molar-refractivity contribution < 1.29 is 33.8 Å². The lowest BCUT2D eigenvalue weighted by Crippen LogP contribution is -2.50. The van der Waals surface area contributed by atoms with Crippen LogP contribution in [0.5, 0.6) is 0 Å². The number of aliphatic hydroxyl groups excluding tert-OH is 1. The van der Waals surface area contributed by atoms with E-state index in [0.717, 1.165) is 5.56 Å². The van der Waals surface area contributed by atoms with E-state index in [1.54, 1.807) is 37.8 Å². The summed E-state index contributed by atoms with van der Waals surface area (Å²) in [6.45, 7) is 11.3. The molecule has 9 nitrogen and oxygen atoms in total. The molecule has 2 amide bonds. The number of rotatable bonds is 8. The molecule has 0 radical (unpaired) electrons. The smallest absolute Gasteiger partial charge is 0.309 e. The summed E-state index contributed by atoms with van der Waals surface area (Å²) < 4.78 is 11.0. The number of esters is 2. The Morgan fingerprint density at radius 2 is 1.62 bits per heavy atom. The molecule has 3 atom stereocenters. The van der Waals surface area contributed by atoms with E-state index in [0.29, 0.717) is 6.54 Å². The maximum absolute atomic E-state index is 13.4. The van der Waals surface area contributed by atoms with Gasteiger partial charge in [-0.15, -0.1) is 0 Å². The summed E-state index contributed by atoms with van der Waals surface area (Å²) in [5, 5.41) is 12.6. The van der Waals surface area contributed by atoms with E-state index in [4.69, 9.17) is 9.47 Å². The van der Waals surface area contributed by atoms with Crippen molar-refractivity contribution in [1.82, 2.24) is 10.2 Å². The van der Waals surface area contributed by atoms with Gasteiger partial charge in [0.2, 0.25) is 11.8 Å². The van der Waals surface area contributed by atoms with Gasteiger partial charge in [0.15, 0.2) is 0 Å². The highest BCUT2D eigenvalue weighted by molar-refractivity contribution is 5.86. The van der Waals surface area contributed by atoms with Crippen LogP contribution in [0.2, 0.25) is 0 Å². The number of benzene rings is 1. The number of hydrogen-bond acceptors (Lipinski definition) is 7. The van der Waals surface area contributed by atoms with Crippen LogP contribution in [0.15, 0.2) is 42.5 Å². The Kier molecular flexibility index (Phi) is 12.4. The Hall–Kier alpha value is -3.20. The minimum absolute atomic E-state index is 0.0407. The van der Waals surface area contributed by atoms with E-state index in [1.807, 2.05) is 51.1 Å². The SMILES string of the molecule is CC(C)(C)OC(=O)C[C@H]1C/C=C\C[C@@H](CC(=O)N(CCO)Cc2ccccc2)C(=O)N[C@H](C(C)(C)C)COC1=O. The number of ether oxygens (including phenoxy) is 2. The first-order chi connectivity index (χ1) is 18.7. The number of carbonyl (C=O) groups excluding carboxylic acids is 4. The number of amides is 2. The molecule has 1 aliphatic heterocycles. The first kappa shape index (κ1) is 33.0. The molecule has 0 aromatic heterocycles. The van der Waals surface area contributed by atoms with E-state index in [-0.39, 0.29) is 57.3 Å². The molecule has 0 fully saturated rings. The third-order valence-corrected chi connectivity index (χ3v) is 6.66. The van der Waals surface area contributed by atoms with Crippen LogP contribution in [0.1, 0.15) is 72.8 Å². The molecule has 2 rings (SSSR count). The molecule has 2 N–H and O–H groups in total. The van der Waals surface area contributed by atoms with Gasteiger partial charge in [0.25, 0.3) is 0 Å². The van der Waals surface area contributed by atoms with Crippen LogP contribution in [0.3, 0.4) is 0 Å². The number of hydrogen-bond donors (Lipinski definition) is 2. The molecule has 0 saturated carbocycles. The highest BCUT2D eigenvalue weighted by Crippen LogP contribution is 2.24. The summed E-state index contributed by atoms with van der Waals surface area (Å²) in [7, 11) is 0. The summed E-state index contributed by atoms with van der Waals surface area (Å²) >= 11 is 0. The van der Waals surface area contributed by atoms with Gasteiger partial charge in [0.1, 0.15) is 12.2 Å². The minimum atomic E-state index is -0.729. The monoisotopic (exact) mass is 558 g/mol. The highest BCUT2D eigenvalue weighted by Gasteiger charge is 2.33. The lowest BCUT2D eigenvalue weighted by atomic mass is 9.86. The zero-order valence-electron chi connectivity index (χ0n) is 24.8. The van der Waals surface area contributed by atoms with Gasteiger partial charge < -0.3 is 24.8 Å². The molecule has 0 aliphatic carbocycles. The van der Waals surface area contributed by atoms with Gasteiger partial charge in [-0.3, -0.25) is 19.2 Å². The summed E-state index contributed by atoms with van der Waals surface area (Å²) in [6.07, 6.45) is 3.88. The van der Waals surface area contributed by atoms with Crippen molar-refractivity contribution in [3.05, 3.63) is 48.0 Å². The Bertz CT molecular complexity index is 1020.